The van der Waals surface area contributed by atoms with E-state index in [1.54, 1.807) is 38.4 Å². The van der Waals surface area contributed by atoms with Crippen LogP contribution in [0.25, 0.3) is 0 Å². The zero-order valence-electron chi connectivity index (χ0n) is 31.2. The van der Waals surface area contributed by atoms with Gasteiger partial charge in [-0.05, 0) is 91.9 Å². The average molecular weight is 693 g/mol. The SMILES string of the molecule is COc1ccc(N(C(C)=O)c2cc(C)c(C)c(OC)c2)cc1OCc1ccccc1.COc1ccc(N(C)c2cc(C)c(C)c(OC)c2)cc1O. The van der Waals surface area contributed by atoms with Crippen molar-refractivity contribution in [3.8, 4) is 34.5 Å². The summed E-state index contributed by atoms with van der Waals surface area (Å²) in [5, 5.41) is 9.91. The molecule has 5 aromatic rings. The number of carbonyl (C=O) groups excluding carboxylic acids is 1. The van der Waals surface area contributed by atoms with E-state index in [0.717, 1.165) is 56.4 Å². The van der Waals surface area contributed by atoms with Crippen LogP contribution in [0.15, 0.2) is 91.0 Å². The summed E-state index contributed by atoms with van der Waals surface area (Å²) >= 11 is 0. The highest BCUT2D eigenvalue weighted by Crippen LogP contribution is 2.38. The molecule has 9 nitrogen and oxygen atoms in total. The third kappa shape index (κ3) is 9.05. The molecule has 9 heteroatoms. The zero-order valence-corrected chi connectivity index (χ0v) is 31.2. The van der Waals surface area contributed by atoms with Gasteiger partial charge in [0.05, 0.1) is 39.8 Å². The van der Waals surface area contributed by atoms with Gasteiger partial charge in [0.25, 0.3) is 0 Å². The van der Waals surface area contributed by atoms with Crippen molar-refractivity contribution in [1.29, 1.82) is 0 Å². The van der Waals surface area contributed by atoms with Gasteiger partial charge in [0.15, 0.2) is 23.0 Å². The van der Waals surface area contributed by atoms with Crippen molar-refractivity contribution >= 4 is 28.7 Å². The van der Waals surface area contributed by atoms with E-state index in [9.17, 15) is 9.90 Å². The number of aromatic hydroxyl groups is 1. The molecule has 0 saturated heterocycles. The van der Waals surface area contributed by atoms with Crippen molar-refractivity contribution in [2.45, 2.75) is 41.2 Å². The lowest BCUT2D eigenvalue weighted by Gasteiger charge is -2.24. The van der Waals surface area contributed by atoms with Crippen LogP contribution >= 0.6 is 0 Å². The molecule has 0 aliphatic carbocycles. The molecule has 0 heterocycles. The fourth-order valence-electron chi connectivity index (χ4n) is 5.57. The molecular weight excluding hydrogens is 644 g/mol. The zero-order chi connectivity index (χ0) is 37.2. The van der Waals surface area contributed by atoms with Crippen molar-refractivity contribution < 1.29 is 33.6 Å². The number of rotatable bonds is 11. The predicted molar refractivity (Wildman–Crippen MR) is 204 cm³/mol. The molecule has 0 spiro atoms. The highest BCUT2D eigenvalue weighted by Gasteiger charge is 2.19. The van der Waals surface area contributed by atoms with Gasteiger partial charge in [-0.1, -0.05) is 30.3 Å². The fourth-order valence-corrected chi connectivity index (χ4v) is 5.57. The molecule has 0 unspecified atom stereocenters. The third-order valence-corrected chi connectivity index (χ3v) is 8.80. The summed E-state index contributed by atoms with van der Waals surface area (Å²) in [7, 11) is 8.39. The van der Waals surface area contributed by atoms with Crippen molar-refractivity contribution in [3.63, 3.8) is 0 Å². The van der Waals surface area contributed by atoms with Crippen LogP contribution in [-0.4, -0.2) is 46.5 Å². The Hall–Kier alpha value is -5.83. The maximum absolute atomic E-state index is 12.6. The number of phenolic OH excluding ortho intramolecular Hbond substituents is 1. The molecule has 5 aromatic carbocycles. The normalized spacial score (nSPS) is 10.4. The van der Waals surface area contributed by atoms with Crippen molar-refractivity contribution in [2.75, 3.05) is 45.3 Å². The minimum Gasteiger partial charge on any atom is -0.504 e. The Morgan fingerprint density at radius 1 is 0.588 bits per heavy atom. The first kappa shape index (κ1) is 38.0. The number of hydrogen-bond donors (Lipinski definition) is 1. The lowest BCUT2D eigenvalue weighted by atomic mass is 10.1. The van der Waals surface area contributed by atoms with E-state index in [0.29, 0.717) is 29.5 Å². The highest BCUT2D eigenvalue weighted by molar-refractivity contribution is 5.99. The van der Waals surface area contributed by atoms with Crippen molar-refractivity contribution in [3.05, 3.63) is 119 Å². The maximum atomic E-state index is 12.6. The summed E-state index contributed by atoms with van der Waals surface area (Å²) in [5.41, 5.74) is 8.74. The molecule has 1 amide bonds. The third-order valence-electron chi connectivity index (χ3n) is 8.80. The average Bonchev–Trinajstić information content (AvgIpc) is 3.13. The quantitative estimate of drug-likeness (QED) is 0.147. The molecule has 0 radical (unpaired) electrons. The van der Waals surface area contributed by atoms with Crippen LogP contribution in [0.2, 0.25) is 0 Å². The van der Waals surface area contributed by atoms with Crippen LogP contribution < -0.4 is 33.5 Å². The molecule has 0 bridgehead atoms. The van der Waals surface area contributed by atoms with Gasteiger partial charge < -0.3 is 33.7 Å². The monoisotopic (exact) mass is 692 g/mol. The van der Waals surface area contributed by atoms with Gasteiger partial charge in [-0.15, -0.1) is 0 Å². The second-order valence-corrected chi connectivity index (χ2v) is 12.1. The number of nitrogens with zero attached hydrogens (tertiary/aromatic N) is 2. The van der Waals surface area contributed by atoms with E-state index in [-0.39, 0.29) is 11.7 Å². The van der Waals surface area contributed by atoms with Gasteiger partial charge in [-0.3, -0.25) is 9.69 Å². The van der Waals surface area contributed by atoms with Crippen LogP contribution in [0.3, 0.4) is 0 Å². The maximum Gasteiger partial charge on any atom is 0.228 e. The van der Waals surface area contributed by atoms with E-state index < -0.39 is 0 Å². The van der Waals surface area contributed by atoms with Crippen LogP contribution in [0.4, 0.5) is 22.7 Å². The number of hydrogen-bond acceptors (Lipinski definition) is 8. The first-order valence-corrected chi connectivity index (χ1v) is 16.5. The van der Waals surface area contributed by atoms with Crippen LogP contribution in [0, 0.1) is 27.7 Å². The first-order chi connectivity index (χ1) is 24.4. The topological polar surface area (TPSA) is 89.9 Å². The number of aryl methyl sites for hydroxylation is 2. The van der Waals surface area contributed by atoms with Gasteiger partial charge in [-0.25, -0.2) is 0 Å². The van der Waals surface area contributed by atoms with Crippen molar-refractivity contribution in [2.24, 2.45) is 0 Å². The molecule has 1 N–H and O–H groups in total. The molecule has 0 aliphatic heterocycles. The Morgan fingerprint density at radius 2 is 1.10 bits per heavy atom. The van der Waals surface area contributed by atoms with E-state index in [1.807, 2.05) is 106 Å². The number of phenols is 1. The highest BCUT2D eigenvalue weighted by atomic mass is 16.5. The molecule has 51 heavy (non-hydrogen) atoms. The minimum absolute atomic E-state index is 0.112. The Bertz CT molecular complexity index is 1960. The second kappa shape index (κ2) is 17.2. The summed E-state index contributed by atoms with van der Waals surface area (Å²) in [6, 6.07) is 28.7. The molecule has 0 fully saturated rings. The number of carbonyl (C=O) groups is 1. The molecule has 0 atom stereocenters. The van der Waals surface area contributed by atoms with Crippen LogP contribution in [-0.2, 0) is 11.4 Å². The summed E-state index contributed by atoms with van der Waals surface area (Å²) in [6.07, 6.45) is 0. The molecule has 0 aliphatic rings. The van der Waals surface area contributed by atoms with Gasteiger partial charge in [-0.2, -0.15) is 0 Å². The van der Waals surface area contributed by atoms with E-state index >= 15 is 0 Å². The molecule has 268 valence electrons. The van der Waals surface area contributed by atoms with Gasteiger partial charge in [0.2, 0.25) is 5.91 Å². The molecular formula is C42H48N2O7. The van der Waals surface area contributed by atoms with Gasteiger partial charge in [0, 0.05) is 49.6 Å². The summed E-state index contributed by atoms with van der Waals surface area (Å²) < 4.78 is 27.5. The first-order valence-electron chi connectivity index (χ1n) is 16.5. The molecule has 5 rings (SSSR count). The molecule has 0 aromatic heterocycles. The summed E-state index contributed by atoms with van der Waals surface area (Å²) in [6.45, 7) is 10.0. The Morgan fingerprint density at radius 3 is 1.65 bits per heavy atom. The summed E-state index contributed by atoms with van der Waals surface area (Å²) in [4.78, 5) is 16.2. The van der Waals surface area contributed by atoms with Crippen LogP contribution in [0.1, 0.15) is 34.7 Å². The Labute approximate surface area is 301 Å². The fraction of sp³-hybridized carbons (Fsp3) is 0.262. The van der Waals surface area contributed by atoms with Gasteiger partial charge in [0.1, 0.15) is 18.1 Å². The lowest BCUT2D eigenvalue weighted by molar-refractivity contribution is -0.115. The lowest BCUT2D eigenvalue weighted by Crippen LogP contribution is -2.23. The number of amides is 1. The Balaban J connectivity index is 0.000000244. The minimum atomic E-state index is -0.112. The Kier molecular flexibility index (Phi) is 12.8. The predicted octanol–water partition coefficient (Wildman–Crippen LogP) is 9.38. The van der Waals surface area contributed by atoms with E-state index in [4.69, 9.17) is 23.7 Å². The number of benzene rings is 5. The smallest absolute Gasteiger partial charge is 0.228 e. The van der Waals surface area contributed by atoms with E-state index in [2.05, 4.69) is 13.0 Å². The van der Waals surface area contributed by atoms with Gasteiger partial charge >= 0.3 is 0 Å². The van der Waals surface area contributed by atoms with E-state index in [1.165, 1.54) is 14.0 Å². The standard InChI is InChI=1S/C25H27NO4.C17H21NO3/c1-17-13-22(15-24(29-5)18(17)2)26(19(3)27)21-11-12-23(28-4)25(14-21)30-16-20-9-7-6-8-10-20;1-11-8-14(10-17(21-5)12(11)2)18(3)13-6-7-16(20-4)15(19)9-13/h6-15H,16H2,1-5H3;6-10,19H,1-5H3. The second-order valence-electron chi connectivity index (χ2n) is 12.1. The van der Waals surface area contributed by atoms with Crippen LogP contribution in [0.5, 0.6) is 34.5 Å². The largest absolute Gasteiger partial charge is 0.504 e. The number of anilines is 4. The number of ether oxygens (including phenoxy) is 5. The summed E-state index contributed by atoms with van der Waals surface area (Å²) in [5.74, 6) is 3.25. The molecule has 0 saturated carbocycles. The van der Waals surface area contributed by atoms with Crippen molar-refractivity contribution in [1.82, 2.24) is 0 Å². The number of methoxy groups -OCH3 is 4.